The number of oxazole rings is 1. The average molecular weight is 286 g/mol. The molecule has 0 spiro atoms. The SMILES string of the molecule is O=C(O)c1cc(C(=O)N2CCCC2)cc(-c2ncco2)c1. The third-order valence-electron chi connectivity index (χ3n) is 3.50. The van der Waals surface area contributed by atoms with E-state index in [1.54, 1.807) is 11.0 Å². The Kier molecular flexibility index (Phi) is 3.43. The lowest BCUT2D eigenvalue weighted by Crippen LogP contribution is -2.27. The van der Waals surface area contributed by atoms with Crippen LogP contribution >= 0.6 is 0 Å². The minimum Gasteiger partial charge on any atom is -0.478 e. The van der Waals surface area contributed by atoms with E-state index in [-0.39, 0.29) is 11.5 Å². The molecule has 0 bridgehead atoms. The van der Waals surface area contributed by atoms with Gasteiger partial charge < -0.3 is 14.4 Å². The van der Waals surface area contributed by atoms with Crippen LogP contribution in [-0.2, 0) is 0 Å². The van der Waals surface area contributed by atoms with Gasteiger partial charge in [0.05, 0.1) is 11.8 Å². The van der Waals surface area contributed by atoms with Gasteiger partial charge in [-0.2, -0.15) is 0 Å². The molecule has 1 aliphatic rings. The van der Waals surface area contributed by atoms with Crippen LogP contribution < -0.4 is 0 Å². The van der Waals surface area contributed by atoms with E-state index in [0.717, 1.165) is 12.8 Å². The summed E-state index contributed by atoms with van der Waals surface area (Å²) in [7, 11) is 0. The molecule has 1 aromatic carbocycles. The van der Waals surface area contributed by atoms with Crippen molar-refractivity contribution in [2.24, 2.45) is 0 Å². The molecule has 3 rings (SSSR count). The standard InChI is InChI=1S/C15H14N2O4/c18-14(17-4-1-2-5-17)11-7-10(13-16-3-6-21-13)8-12(9-11)15(19)20/h3,6-9H,1-2,4-5H2,(H,19,20). The van der Waals surface area contributed by atoms with Crippen LogP contribution in [0.2, 0.25) is 0 Å². The lowest BCUT2D eigenvalue weighted by atomic mass is 10.0. The number of aromatic nitrogens is 1. The molecular weight excluding hydrogens is 272 g/mol. The first kappa shape index (κ1) is 13.4. The Bertz CT molecular complexity index is 673. The average Bonchev–Trinajstić information content (AvgIpc) is 3.18. The number of carboxylic acid groups (broad SMARTS) is 1. The van der Waals surface area contributed by atoms with Gasteiger partial charge in [-0.15, -0.1) is 0 Å². The van der Waals surface area contributed by atoms with Crippen LogP contribution in [0, 0.1) is 0 Å². The van der Waals surface area contributed by atoms with E-state index in [2.05, 4.69) is 4.98 Å². The zero-order valence-corrected chi connectivity index (χ0v) is 11.3. The zero-order valence-electron chi connectivity index (χ0n) is 11.3. The van der Waals surface area contributed by atoms with Gasteiger partial charge in [-0.3, -0.25) is 4.79 Å². The number of nitrogens with zero attached hydrogens (tertiary/aromatic N) is 2. The number of carbonyl (C=O) groups excluding carboxylic acids is 1. The molecule has 1 fully saturated rings. The molecule has 1 N–H and O–H groups in total. The van der Waals surface area contributed by atoms with Crippen LogP contribution in [0.3, 0.4) is 0 Å². The number of hydrogen-bond acceptors (Lipinski definition) is 4. The normalized spacial score (nSPS) is 14.4. The molecule has 2 aromatic rings. The molecule has 21 heavy (non-hydrogen) atoms. The van der Waals surface area contributed by atoms with Crippen molar-refractivity contribution in [1.29, 1.82) is 0 Å². The van der Waals surface area contributed by atoms with Gasteiger partial charge in [-0.05, 0) is 31.0 Å². The second-order valence-corrected chi connectivity index (χ2v) is 4.94. The third kappa shape index (κ3) is 2.65. The van der Waals surface area contributed by atoms with Crippen molar-refractivity contribution in [2.75, 3.05) is 13.1 Å². The monoisotopic (exact) mass is 286 g/mol. The van der Waals surface area contributed by atoms with Crippen LogP contribution in [0.25, 0.3) is 11.5 Å². The molecule has 108 valence electrons. The van der Waals surface area contributed by atoms with Gasteiger partial charge in [0.2, 0.25) is 5.89 Å². The largest absolute Gasteiger partial charge is 0.478 e. The fraction of sp³-hybridized carbons (Fsp3) is 0.267. The Morgan fingerprint density at radius 3 is 2.48 bits per heavy atom. The molecule has 6 nitrogen and oxygen atoms in total. The van der Waals surface area contributed by atoms with Crippen molar-refractivity contribution in [3.63, 3.8) is 0 Å². The van der Waals surface area contributed by atoms with E-state index < -0.39 is 5.97 Å². The summed E-state index contributed by atoms with van der Waals surface area (Å²) in [5.74, 6) is -0.934. The Morgan fingerprint density at radius 2 is 1.86 bits per heavy atom. The zero-order chi connectivity index (χ0) is 14.8. The first-order chi connectivity index (χ1) is 10.1. The lowest BCUT2D eigenvalue weighted by molar-refractivity contribution is 0.0697. The van der Waals surface area contributed by atoms with Gasteiger partial charge in [0, 0.05) is 24.2 Å². The number of benzene rings is 1. The van der Waals surface area contributed by atoms with E-state index in [0.29, 0.717) is 30.1 Å². The maximum Gasteiger partial charge on any atom is 0.335 e. The highest BCUT2D eigenvalue weighted by molar-refractivity contribution is 5.99. The smallest absolute Gasteiger partial charge is 0.335 e. The summed E-state index contributed by atoms with van der Waals surface area (Å²) in [4.78, 5) is 29.4. The Labute approximate surface area is 121 Å². The maximum atomic E-state index is 12.4. The fourth-order valence-electron chi connectivity index (χ4n) is 2.47. The van der Waals surface area contributed by atoms with Gasteiger partial charge in [-0.1, -0.05) is 0 Å². The van der Waals surface area contributed by atoms with Crippen LogP contribution in [0.4, 0.5) is 0 Å². The number of carbonyl (C=O) groups is 2. The summed E-state index contributed by atoms with van der Waals surface area (Å²) < 4.78 is 5.19. The molecule has 0 unspecified atom stereocenters. The predicted molar refractivity (Wildman–Crippen MR) is 74.0 cm³/mol. The van der Waals surface area contributed by atoms with Crippen molar-refractivity contribution in [2.45, 2.75) is 12.8 Å². The van der Waals surface area contributed by atoms with Crippen LogP contribution in [0.5, 0.6) is 0 Å². The second-order valence-electron chi connectivity index (χ2n) is 4.94. The highest BCUT2D eigenvalue weighted by Gasteiger charge is 2.22. The summed E-state index contributed by atoms with van der Waals surface area (Å²) in [5.41, 5.74) is 0.890. The molecule has 1 aliphatic heterocycles. The Balaban J connectivity index is 2.03. The number of likely N-dealkylation sites (tertiary alicyclic amines) is 1. The summed E-state index contributed by atoms with van der Waals surface area (Å²) in [6, 6.07) is 4.48. The fourth-order valence-corrected chi connectivity index (χ4v) is 2.47. The van der Waals surface area contributed by atoms with Gasteiger partial charge in [-0.25, -0.2) is 9.78 Å². The number of hydrogen-bond donors (Lipinski definition) is 1. The third-order valence-corrected chi connectivity index (χ3v) is 3.50. The van der Waals surface area contributed by atoms with Crippen LogP contribution in [-0.4, -0.2) is 40.0 Å². The highest BCUT2D eigenvalue weighted by Crippen LogP contribution is 2.23. The number of amides is 1. The van der Waals surface area contributed by atoms with Gasteiger partial charge in [0.15, 0.2) is 0 Å². The minimum absolute atomic E-state index is 0.0493. The summed E-state index contributed by atoms with van der Waals surface area (Å²) in [6.45, 7) is 1.43. The van der Waals surface area contributed by atoms with Crippen molar-refractivity contribution < 1.29 is 19.1 Å². The van der Waals surface area contributed by atoms with Crippen molar-refractivity contribution in [3.05, 3.63) is 41.8 Å². The highest BCUT2D eigenvalue weighted by atomic mass is 16.4. The number of carboxylic acids is 1. The van der Waals surface area contributed by atoms with Crippen LogP contribution in [0.1, 0.15) is 33.6 Å². The van der Waals surface area contributed by atoms with Crippen molar-refractivity contribution >= 4 is 11.9 Å². The van der Waals surface area contributed by atoms with E-state index in [1.807, 2.05) is 0 Å². The molecule has 0 atom stereocenters. The second kappa shape index (κ2) is 5.40. The molecule has 0 saturated carbocycles. The predicted octanol–water partition coefficient (Wildman–Crippen LogP) is 2.28. The quantitative estimate of drug-likeness (QED) is 0.935. The van der Waals surface area contributed by atoms with E-state index >= 15 is 0 Å². The molecule has 1 aromatic heterocycles. The van der Waals surface area contributed by atoms with E-state index in [9.17, 15) is 14.7 Å². The molecule has 0 aliphatic carbocycles. The van der Waals surface area contributed by atoms with Gasteiger partial charge in [0.25, 0.3) is 5.91 Å². The molecule has 2 heterocycles. The van der Waals surface area contributed by atoms with Crippen LogP contribution in [0.15, 0.2) is 35.1 Å². The lowest BCUT2D eigenvalue weighted by Gasteiger charge is -2.16. The molecule has 1 saturated heterocycles. The summed E-state index contributed by atoms with van der Waals surface area (Å²) >= 11 is 0. The Hall–Kier alpha value is -2.63. The Morgan fingerprint density at radius 1 is 1.14 bits per heavy atom. The summed E-state index contributed by atoms with van der Waals surface area (Å²) in [5, 5.41) is 9.20. The molecule has 6 heteroatoms. The van der Waals surface area contributed by atoms with Gasteiger partial charge >= 0.3 is 5.97 Å². The topological polar surface area (TPSA) is 83.6 Å². The van der Waals surface area contributed by atoms with Crippen molar-refractivity contribution in [1.82, 2.24) is 9.88 Å². The summed E-state index contributed by atoms with van der Waals surface area (Å²) in [6.07, 6.45) is 4.85. The molecular formula is C15H14N2O4. The molecule has 0 radical (unpaired) electrons. The maximum absolute atomic E-state index is 12.4. The van der Waals surface area contributed by atoms with Crippen molar-refractivity contribution in [3.8, 4) is 11.5 Å². The minimum atomic E-state index is -1.08. The number of rotatable bonds is 3. The first-order valence-electron chi connectivity index (χ1n) is 6.72. The van der Waals surface area contributed by atoms with E-state index in [1.165, 1.54) is 24.6 Å². The van der Waals surface area contributed by atoms with E-state index in [4.69, 9.17) is 4.42 Å². The van der Waals surface area contributed by atoms with Gasteiger partial charge in [0.1, 0.15) is 6.26 Å². The first-order valence-corrected chi connectivity index (χ1v) is 6.72. The molecule has 1 amide bonds. The number of aromatic carboxylic acids is 1.